The minimum atomic E-state index is 0.504. The van der Waals surface area contributed by atoms with Crippen LogP contribution in [0.4, 0.5) is 0 Å². The molecule has 2 fully saturated rings. The molecule has 2 unspecified atom stereocenters. The van der Waals surface area contributed by atoms with E-state index in [0.29, 0.717) is 6.04 Å². The zero-order valence-corrected chi connectivity index (χ0v) is 10.8. The first kappa shape index (κ1) is 12.4. The molecule has 2 rings (SSSR count). The van der Waals surface area contributed by atoms with Crippen LogP contribution in [0.15, 0.2) is 0 Å². The third kappa shape index (κ3) is 4.08. The first-order valence-corrected chi connectivity index (χ1v) is 7.60. The number of fused-ring (bicyclic) bond motifs is 3. The number of hydrogen-bond acceptors (Lipinski definition) is 1. The summed E-state index contributed by atoms with van der Waals surface area (Å²) in [5.41, 5.74) is 6.21. The number of hydrogen-bond donors (Lipinski definition) is 1. The van der Waals surface area contributed by atoms with E-state index in [0.717, 1.165) is 11.8 Å². The molecule has 0 spiro atoms. The number of nitrogens with two attached hydrogens (primary N) is 1. The lowest BCUT2D eigenvalue weighted by Gasteiger charge is -2.21. The molecule has 2 bridgehead atoms. The van der Waals surface area contributed by atoms with E-state index in [-0.39, 0.29) is 0 Å². The topological polar surface area (TPSA) is 26.0 Å². The Morgan fingerprint density at radius 3 is 1.44 bits per heavy atom. The van der Waals surface area contributed by atoms with Crippen LogP contribution in [0.2, 0.25) is 0 Å². The van der Waals surface area contributed by atoms with E-state index >= 15 is 0 Å². The molecule has 2 aliphatic carbocycles. The molecule has 2 N–H and O–H groups in total. The maximum absolute atomic E-state index is 6.21. The van der Waals surface area contributed by atoms with Crippen molar-refractivity contribution in [2.45, 2.75) is 83.1 Å². The highest BCUT2D eigenvalue weighted by Gasteiger charge is 2.19. The standard InChI is InChI=1S/C15H29N/c16-15-11-9-13-5-3-1-2-4-6-14(8-7-13)10-12-15/h13-15H,1-12,16H2. The molecule has 2 atom stereocenters. The predicted octanol–water partition coefficient (Wildman–Crippen LogP) is 4.25. The Bertz CT molecular complexity index is 170. The van der Waals surface area contributed by atoms with Crippen LogP contribution in [0.25, 0.3) is 0 Å². The normalized spacial score (nSPS) is 38.4. The summed E-state index contributed by atoms with van der Waals surface area (Å²) >= 11 is 0. The second-order valence-electron chi connectivity index (χ2n) is 6.22. The highest BCUT2D eigenvalue weighted by atomic mass is 14.6. The van der Waals surface area contributed by atoms with Gasteiger partial charge >= 0.3 is 0 Å². The second-order valence-corrected chi connectivity index (χ2v) is 6.22. The van der Waals surface area contributed by atoms with E-state index in [1.54, 1.807) is 0 Å². The van der Waals surface area contributed by atoms with Crippen LogP contribution in [0.1, 0.15) is 77.0 Å². The van der Waals surface area contributed by atoms with Crippen LogP contribution < -0.4 is 5.73 Å². The fourth-order valence-electron chi connectivity index (χ4n) is 3.60. The Hall–Kier alpha value is -0.0400. The molecular formula is C15H29N. The van der Waals surface area contributed by atoms with Crippen molar-refractivity contribution >= 4 is 0 Å². The monoisotopic (exact) mass is 223 g/mol. The third-order valence-electron chi connectivity index (χ3n) is 4.85. The Balaban J connectivity index is 1.94. The van der Waals surface area contributed by atoms with E-state index in [9.17, 15) is 0 Å². The fourth-order valence-corrected chi connectivity index (χ4v) is 3.60. The summed E-state index contributed by atoms with van der Waals surface area (Å²) < 4.78 is 0. The molecule has 1 heteroatoms. The van der Waals surface area contributed by atoms with Crippen LogP contribution in [0, 0.1) is 11.8 Å². The lowest BCUT2D eigenvalue weighted by atomic mass is 9.85. The molecule has 2 aliphatic rings. The second kappa shape index (κ2) is 6.64. The van der Waals surface area contributed by atoms with E-state index < -0.39 is 0 Å². The van der Waals surface area contributed by atoms with Crippen molar-refractivity contribution in [1.29, 1.82) is 0 Å². The van der Waals surface area contributed by atoms with Crippen LogP contribution >= 0.6 is 0 Å². The van der Waals surface area contributed by atoms with Gasteiger partial charge in [-0.15, -0.1) is 0 Å². The minimum absolute atomic E-state index is 0.504. The molecule has 0 aliphatic heterocycles. The molecule has 94 valence electrons. The summed E-state index contributed by atoms with van der Waals surface area (Å²) in [5.74, 6) is 2.01. The van der Waals surface area contributed by atoms with Crippen LogP contribution in [-0.2, 0) is 0 Å². The van der Waals surface area contributed by atoms with Gasteiger partial charge in [-0.1, -0.05) is 51.4 Å². The molecule has 0 heterocycles. The smallest absolute Gasteiger partial charge is 0.00390 e. The van der Waals surface area contributed by atoms with Crippen molar-refractivity contribution in [3.63, 3.8) is 0 Å². The lowest BCUT2D eigenvalue weighted by Crippen LogP contribution is -2.20. The molecule has 0 radical (unpaired) electrons. The Morgan fingerprint density at radius 2 is 0.938 bits per heavy atom. The molecular weight excluding hydrogens is 194 g/mol. The van der Waals surface area contributed by atoms with E-state index in [4.69, 9.17) is 5.73 Å². The van der Waals surface area contributed by atoms with Crippen LogP contribution in [0.5, 0.6) is 0 Å². The van der Waals surface area contributed by atoms with Gasteiger partial charge in [-0.05, 0) is 37.5 Å². The van der Waals surface area contributed by atoms with Gasteiger partial charge in [-0.25, -0.2) is 0 Å². The van der Waals surface area contributed by atoms with E-state index in [1.807, 2.05) is 0 Å². The van der Waals surface area contributed by atoms with Gasteiger partial charge in [0.1, 0.15) is 0 Å². The Kier molecular flexibility index (Phi) is 5.15. The zero-order chi connectivity index (χ0) is 11.2. The number of rotatable bonds is 0. The van der Waals surface area contributed by atoms with Crippen molar-refractivity contribution in [1.82, 2.24) is 0 Å². The molecule has 0 aromatic carbocycles. The summed E-state index contributed by atoms with van der Waals surface area (Å²) in [6.07, 6.45) is 17.3. The summed E-state index contributed by atoms with van der Waals surface area (Å²) in [6.45, 7) is 0. The minimum Gasteiger partial charge on any atom is -0.328 e. The van der Waals surface area contributed by atoms with Crippen molar-refractivity contribution in [3.8, 4) is 0 Å². The van der Waals surface area contributed by atoms with Crippen LogP contribution in [0.3, 0.4) is 0 Å². The fraction of sp³-hybridized carbons (Fsp3) is 1.00. The van der Waals surface area contributed by atoms with Crippen molar-refractivity contribution < 1.29 is 0 Å². The van der Waals surface area contributed by atoms with Gasteiger partial charge < -0.3 is 5.73 Å². The van der Waals surface area contributed by atoms with Gasteiger partial charge in [0, 0.05) is 6.04 Å². The molecule has 0 amide bonds. The summed E-state index contributed by atoms with van der Waals surface area (Å²) in [7, 11) is 0. The first-order valence-electron chi connectivity index (χ1n) is 7.60. The van der Waals surface area contributed by atoms with Gasteiger partial charge in [-0.3, -0.25) is 0 Å². The molecule has 1 nitrogen and oxygen atoms in total. The summed E-state index contributed by atoms with van der Waals surface area (Å²) in [5, 5.41) is 0. The van der Waals surface area contributed by atoms with E-state index in [2.05, 4.69) is 0 Å². The Morgan fingerprint density at radius 1 is 0.500 bits per heavy atom. The van der Waals surface area contributed by atoms with Crippen LogP contribution in [-0.4, -0.2) is 6.04 Å². The van der Waals surface area contributed by atoms with Gasteiger partial charge in [0.05, 0.1) is 0 Å². The third-order valence-corrected chi connectivity index (χ3v) is 4.85. The molecule has 2 saturated carbocycles. The van der Waals surface area contributed by atoms with Crippen molar-refractivity contribution in [2.24, 2.45) is 17.6 Å². The highest BCUT2D eigenvalue weighted by molar-refractivity contribution is 4.74. The quantitative estimate of drug-likeness (QED) is 0.652. The SMILES string of the molecule is NC1CCC2CCCCCCC(CC1)CC2. The first-order chi connectivity index (χ1) is 7.84. The molecule has 16 heavy (non-hydrogen) atoms. The molecule has 0 saturated heterocycles. The average Bonchev–Trinajstić information content (AvgIpc) is 2.39. The average molecular weight is 223 g/mol. The summed E-state index contributed by atoms with van der Waals surface area (Å²) in [4.78, 5) is 0. The zero-order valence-electron chi connectivity index (χ0n) is 10.8. The van der Waals surface area contributed by atoms with E-state index in [1.165, 1.54) is 77.0 Å². The highest BCUT2D eigenvalue weighted by Crippen LogP contribution is 2.32. The predicted molar refractivity (Wildman–Crippen MR) is 70.4 cm³/mol. The van der Waals surface area contributed by atoms with Crippen molar-refractivity contribution in [3.05, 3.63) is 0 Å². The maximum atomic E-state index is 6.21. The van der Waals surface area contributed by atoms with Gasteiger partial charge in [0.15, 0.2) is 0 Å². The summed E-state index contributed by atoms with van der Waals surface area (Å²) in [6, 6.07) is 0.504. The molecule has 0 aromatic rings. The lowest BCUT2D eigenvalue weighted by molar-refractivity contribution is 0.318. The van der Waals surface area contributed by atoms with Gasteiger partial charge in [0.2, 0.25) is 0 Å². The van der Waals surface area contributed by atoms with Crippen molar-refractivity contribution in [2.75, 3.05) is 0 Å². The van der Waals surface area contributed by atoms with Gasteiger partial charge in [-0.2, -0.15) is 0 Å². The Labute approximate surface area is 101 Å². The van der Waals surface area contributed by atoms with Gasteiger partial charge in [0.25, 0.3) is 0 Å². The largest absolute Gasteiger partial charge is 0.328 e. The molecule has 0 aromatic heterocycles. The maximum Gasteiger partial charge on any atom is 0.00390 e.